The number of ether oxygens (including phenoxy) is 1. The molecule has 2 N–H and O–H groups in total. The average Bonchev–Trinajstić information content (AvgIpc) is 2.17. The molecule has 0 bridgehead atoms. The van der Waals surface area contributed by atoms with Gasteiger partial charge in [-0.3, -0.25) is 4.98 Å². The summed E-state index contributed by atoms with van der Waals surface area (Å²) >= 11 is 5.75. The monoisotopic (exact) mass is 214 g/mol. The summed E-state index contributed by atoms with van der Waals surface area (Å²) in [5.74, 6) is 1.20. The molecule has 0 saturated heterocycles. The van der Waals surface area contributed by atoms with Gasteiger partial charge in [0.25, 0.3) is 0 Å². The first kappa shape index (κ1) is 11.3. The zero-order valence-corrected chi connectivity index (χ0v) is 9.00. The van der Waals surface area contributed by atoms with E-state index in [0.717, 1.165) is 6.42 Å². The number of aromatic nitrogens is 1. The summed E-state index contributed by atoms with van der Waals surface area (Å²) in [6.45, 7) is 3.44. The van der Waals surface area contributed by atoms with Crippen LogP contribution in [0.1, 0.15) is 13.3 Å². The summed E-state index contributed by atoms with van der Waals surface area (Å²) in [5, 5.41) is 0.592. The third kappa shape index (κ3) is 3.94. The maximum atomic E-state index is 5.75. The second-order valence-electron chi connectivity index (χ2n) is 3.32. The number of rotatable bonds is 5. The molecule has 1 unspecified atom stereocenters. The Balaban J connectivity index is 2.31. The molecule has 1 aromatic heterocycles. The van der Waals surface area contributed by atoms with Crippen molar-refractivity contribution in [3.05, 3.63) is 23.5 Å². The Morgan fingerprint density at radius 3 is 3.00 bits per heavy atom. The van der Waals surface area contributed by atoms with Crippen molar-refractivity contribution in [1.29, 1.82) is 0 Å². The molecule has 0 saturated carbocycles. The number of nitrogens with two attached hydrogens (primary N) is 1. The minimum Gasteiger partial charge on any atom is -0.492 e. The van der Waals surface area contributed by atoms with E-state index in [1.54, 1.807) is 18.5 Å². The summed E-state index contributed by atoms with van der Waals surface area (Å²) in [6.07, 6.45) is 4.18. The molecule has 14 heavy (non-hydrogen) atoms. The van der Waals surface area contributed by atoms with Crippen LogP contribution >= 0.6 is 11.6 Å². The van der Waals surface area contributed by atoms with Crippen LogP contribution in [0.4, 0.5) is 0 Å². The first-order valence-electron chi connectivity index (χ1n) is 4.65. The van der Waals surface area contributed by atoms with Gasteiger partial charge in [0.15, 0.2) is 0 Å². The van der Waals surface area contributed by atoms with E-state index in [1.165, 1.54) is 0 Å². The highest BCUT2D eigenvalue weighted by molar-refractivity contribution is 6.30. The van der Waals surface area contributed by atoms with Crippen LogP contribution in [-0.4, -0.2) is 18.1 Å². The van der Waals surface area contributed by atoms with E-state index in [1.807, 2.05) is 0 Å². The SMILES string of the molecule is CC(CN)CCOc1cncc(Cl)c1. The molecule has 4 heteroatoms. The number of hydrogen-bond donors (Lipinski definition) is 1. The molecule has 0 aliphatic rings. The van der Waals surface area contributed by atoms with Gasteiger partial charge >= 0.3 is 0 Å². The topological polar surface area (TPSA) is 48.1 Å². The van der Waals surface area contributed by atoms with E-state index in [0.29, 0.717) is 29.8 Å². The molecule has 0 aromatic carbocycles. The predicted molar refractivity (Wildman–Crippen MR) is 57.6 cm³/mol. The van der Waals surface area contributed by atoms with E-state index in [9.17, 15) is 0 Å². The molecular formula is C10H15ClN2O. The molecule has 1 aromatic rings. The van der Waals surface area contributed by atoms with E-state index in [4.69, 9.17) is 22.1 Å². The highest BCUT2D eigenvalue weighted by Gasteiger charge is 2.00. The Labute approximate surface area is 89.2 Å². The lowest BCUT2D eigenvalue weighted by Crippen LogP contribution is -2.13. The molecular weight excluding hydrogens is 200 g/mol. The van der Waals surface area contributed by atoms with E-state index < -0.39 is 0 Å². The van der Waals surface area contributed by atoms with Crippen molar-refractivity contribution < 1.29 is 4.74 Å². The average molecular weight is 215 g/mol. The molecule has 3 nitrogen and oxygen atoms in total. The molecule has 0 amide bonds. The minimum absolute atomic E-state index is 0.488. The van der Waals surface area contributed by atoms with Crippen LogP contribution in [0, 0.1) is 5.92 Å². The van der Waals surface area contributed by atoms with Gasteiger partial charge < -0.3 is 10.5 Å². The Bertz CT molecular complexity index is 281. The molecule has 0 aliphatic carbocycles. The maximum absolute atomic E-state index is 5.75. The number of pyridine rings is 1. The van der Waals surface area contributed by atoms with Crippen LogP contribution in [0.15, 0.2) is 18.5 Å². The fraction of sp³-hybridized carbons (Fsp3) is 0.500. The van der Waals surface area contributed by atoms with Gasteiger partial charge in [-0.1, -0.05) is 18.5 Å². The molecule has 1 heterocycles. The van der Waals surface area contributed by atoms with Gasteiger partial charge in [-0.2, -0.15) is 0 Å². The van der Waals surface area contributed by atoms with E-state index in [-0.39, 0.29) is 0 Å². The fourth-order valence-electron chi connectivity index (χ4n) is 0.967. The normalized spacial score (nSPS) is 12.5. The smallest absolute Gasteiger partial charge is 0.139 e. The van der Waals surface area contributed by atoms with Crippen molar-refractivity contribution in [2.45, 2.75) is 13.3 Å². The van der Waals surface area contributed by atoms with Crippen LogP contribution in [0.3, 0.4) is 0 Å². The van der Waals surface area contributed by atoms with Crippen molar-refractivity contribution in [1.82, 2.24) is 4.98 Å². The van der Waals surface area contributed by atoms with Crippen LogP contribution in [0.2, 0.25) is 5.02 Å². The molecule has 1 rings (SSSR count). The lowest BCUT2D eigenvalue weighted by Gasteiger charge is -2.09. The van der Waals surface area contributed by atoms with Crippen molar-refractivity contribution in [2.24, 2.45) is 11.7 Å². The predicted octanol–water partition coefficient (Wildman–Crippen LogP) is 2.10. The van der Waals surface area contributed by atoms with E-state index >= 15 is 0 Å². The minimum atomic E-state index is 0.488. The molecule has 78 valence electrons. The zero-order valence-electron chi connectivity index (χ0n) is 8.24. The number of halogens is 1. The first-order chi connectivity index (χ1) is 6.72. The molecule has 0 fully saturated rings. The highest BCUT2D eigenvalue weighted by Crippen LogP contribution is 2.15. The Hall–Kier alpha value is -0.800. The molecule has 1 atom stereocenters. The molecule has 0 spiro atoms. The van der Waals surface area contributed by atoms with Crippen molar-refractivity contribution in [3.63, 3.8) is 0 Å². The van der Waals surface area contributed by atoms with Gasteiger partial charge in [-0.05, 0) is 18.9 Å². The lowest BCUT2D eigenvalue weighted by atomic mass is 10.1. The molecule has 0 radical (unpaired) electrons. The third-order valence-corrected chi connectivity index (χ3v) is 2.17. The van der Waals surface area contributed by atoms with Crippen LogP contribution in [0.5, 0.6) is 5.75 Å². The Morgan fingerprint density at radius 2 is 2.36 bits per heavy atom. The molecule has 0 aliphatic heterocycles. The van der Waals surface area contributed by atoms with Crippen LogP contribution < -0.4 is 10.5 Å². The van der Waals surface area contributed by atoms with Gasteiger partial charge in [0.2, 0.25) is 0 Å². The lowest BCUT2D eigenvalue weighted by molar-refractivity contribution is 0.285. The number of hydrogen-bond acceptors (Lipinski definition) is 3. The second-order valence-corrected chi connectivity index (χ2v) is 3.75. The van der Waals surface area contributed by atoms with Crippen LogP contribution in [0.25, 0.3) is 0 Å². The summed E-state index contributed by atoms with van der Waals surface area (Å²) in [6, 6.07) is 1.75. The zero-order chi connectivity index (χ0) is 10.4. The summed E-state index contributed by atoms with van der Waals surface area (Å²) in [7, 11) is 0. The summed E-state index contributed by atoms with van der Waals surface area (Å²) in [4.78, 5) is 3.92. The second kappa shape index (κ2) is 5.83. The summed E-state index contributed by atoms with van der Waals surface area (Å²) < 4.78 is 5.46. The van der Waals surface area contributed by atoms with Crippen molar-refractivity contribution >= 4 is 11.6 Å². The fourth-order valence-corrected chi connectivity index (χ4v) is 1.13. The van der Waals surface area contributed by atoms with Crippen LogP contribution in [-0.2, 0) is 0 Å². The third-order valence-electron chi connectivity index (χ3n) is 1.96. The van der Waals surface area contributed by atoms with Crippen molar-refractivity contribution in [2.75, 3.05) is 13.2 Å². The summed E-state index contributed by atoms with van der Waals surface area (Å²) in [5.41, 5.74) is 5.49. The van der Waals surface area contributed by atoms with Gasteiger partial charge in [0.1, 0.15) is 5.75 Å². The number of nitrogens with zero attached hydrogens (tertiary/aromatic N) is 1. The van der Waals surface area contributed by atoms with Crippen molar-refractivity contribution in [3.8, 4) is 5.75 Å². The Morgan fingerprint density at radius 1 is 1.57 bits per heavy atom. The first-order valence-corrected chi connectivity index (χ1v) is 5.03. The highest BCUT2D eigenvalue weighted by atomic mass is 35.5. The largest absolute Gasteiger partial charge is 0.492 e. The standard InChI is InChI=1S/C10H15ClN2O/c1-8(5-12)2-3-14-10-4-9(11)6-13-7-10/h4,6-8H,2-3,5,12H2,1H3. The quantitative estimate of drug-likeness (QED) is 0.817. The van der Waals surface area contributed by atoms with Gasteiger partial charge in [0, 0.05) is 12.3 Å². The maximum Gasteiger partial charge on any atom is 0.139 e. The Kier molecular flexibility index (Phi) is 4.70. The van der Waals surface area contributed by atoms with Gasteiger partial charge in [0.05, 0.1) is 17.8 Å². The van der Waals surface area contributed by atoms with E-state index in [2.05, 4.69) is 11.9 Å². The van der Waals surface area contributed by atoms with Gasteiger partial charge in [-0.15, -0.1) is 0 Å². The van der Waals surface area contributed by atoms with Gasteiger partial charge in [-0.25, -0.2) is 0 Å².